The van der Waals surface area contributed by atoms with E-state index in [0.717, 1.165) is 16.8 Å². The van der Waals surface area contributed by atoms with Gasteiger partial charge in [-0.15, -0.1) is 0 Å². The number of halogens is 1. The molecular weight excluding hydrogens is 341 g/mol. The number of benzene rings is 1. The molecule has 0 aliphatic rings. The summed E-state index contributed by atoms with van der Waals surface area (Å²) in [5, 5.41) is 0. The van der Waals surface area contributed by atoms with E-state index in [2.05, 4.69) is 57.6 Å². The van der Waals surface area contributed by atoms with E-state index in [1.54, 1.807) is 0 Å². The van der Waals surface area contributed by atoms with Gasteiger partial charge in [-0.3, -0.25) is 4.40 Å². The molecule has 90 valence electrons. The van der Waals surface area contributed by atoms with E-state index in [4.69, 9.17) is 0 Å². The molecule has 0 unspecified atom stereocenters. The van der Waals surface area contributed by atoms with Crippen LogP contribution in [-0.4, -0.2) is 21.7 Å². The maximum atomic E-state index is 4.45. The first-order valence-corrected chi connectivity index (χ1v) is 6.59. The zero-order valence-corrected chi connectivity index (χ0v) is 12.1. The molecule has 1 aromatic carbocycles. The van der Waals surface area contributed by atoms with E-state index >= 15 is 0 Å². The van der Waals surface area contributed by atoms with E-state index in [-0.39, 0.29) is 0 Å². The molecule has 0 bridgehead atoms. The number of aryl methyl sites for hydroxylation is 2. The third kappa shape index (κ3) is 1.07. The molecule has 5 nitrogen and oxygen atoms in total. The minimum Gasteiger partial charge on any atom is -0.333 e. The van der Waals surface area contributed by atoms with Crippen LogP contribution >= 0.6 is 22.9 Å². The van der Waals surface area contributed by atoms with Gasteiger partial charge < -0.3 is 4.57 Å². The van der Waals surface area contributed by atoms with Crippen molar-refractivity contribution < 1.29 is 0 Å². The minimum atomic E-state index is 0.948. The van der Waals surface area contributed by atoms with Crippen LogP contribution < -0.4 is 0 Å². The van der Waals surface area contributed by atoms with Crippen molar-refractivity contribution in [2.75, 3.05) is 0 Å². The highest BCUT2D eigenvalue weighted by Crippen LogP contribution is 2.30. The standard InChI is InChI=1S/C12H10IN5/c1-7-10-8(15-6-16(10)2)5-9-11(7)18(13)12-14-3-4-17(9)12/h3-6H,1-2H3. The van der Waals surface area contributed by atoms with Crippen molar-refractivity contribution in [3.05, 3.63) is 30.4 Å². The second-order valence-electron chi connectivity index (χ2n) is 4.47. The van der Waals surface area contributed by atoms with Gasteiger partial charge >= 0.3 is 0 Å². The summed E-state index contributed by atoms with van der Waals surface area (Å²) in [4.78, 5) is 8.83. The minimum absolute atomic E-state index is 0.948. The summed E-state index contributed by atoms with van der Waals surface area (Å²) < 4.78 is 6.27. The number of nitrogens with zero attached hydrogens (tertiary/aromatic N) is 5. The average molecular weight is 351 g/mol. The highest BCUT2D eigenvalue weighted by Gasteiger charge is 2.16. The van der Waals surface area contributed by atoms with E-state index in [0.29, 0.717) is 0 Å². The van der Waals surface area contributed by atoms with Gasteiger partial charge in [0.15, 0.2) is 0 Å². The normalized spacial score (nSPS) is 12.2. The molecule has 18 heavy (non-hydrogen) atoms. The molecule has 3 aromatic heterocycles. The topological polar surface area (TPSA) is 40.1 Å². The molecule has 0 N–H and O–H groups in total. The van der Waals surface area contributed by atoms with Gasteiger partial charge in [-0.1, -0.05) is 0 Å². The fraction of sp³-hybridized carbons (Fsp3) is 0.167. The predicted octanol–water partition coefficient (Wildman–Crippen LogP) is 2.68. The summed E-state index contributed by atoms with van der Waals surface area (Å²) in [7, 11) is 2.03. The molecule has 0 aliphatic carbocycles. The van der Waals surface area contributed by atoms with Gasteiger partial charge in [0.05, 0.1) is 51.3 Å². The Morgan fingerprint density at radius 2 is 2.06 bits per heavy atom. The van der Waals surface area contributed by atoms with Gasteiger partial charge in [-0.25, -0.2) is 12.7 Å². The Balaban J connectivity index is 2.40. The van der Waals surface area contributed by atoms with Crippen LogP contribution in [-0.2, 0) is 7.05 Å². The summed E-state index contributed by atoms with van der Waals surface area (Å²) in [5.74, 6) is 0.948. The van der Waals surface area contributed by atoms with Crippen LogP contribution in [0.25, 0.3) is 27.8 Å². The second-order valence-corrected chi connectivity index (χ2v) is 5.44. The fourth-order valence-electron chi connectivity index (χ4n) is 2.67. The highest BCUT2D eigenvalue weighted by molar-refractivity contribution is 14.1. The van der Waals surface area contributed by atoms with Crippen LogP contribution in [0.2, 0.25) is 0 Å². The van der Waals surface area contributed by atoms with Crippen LogP contribution in [0.1, 0.15) is 5.56 Å². The number of aromatic nitrogens is 5. The molecular formula is C12H10IN5. The lowest BCUT2D eigenvalue weighted by Gasteiger charge is -2.03. The Labute approximate surface area is 117 Å². The lowest BCUT2D eigenvalue weighted by atomic mass is 10.1. The average Bonchev–Trinajstić information content (AvgIpc) is 2.99. The third-order valence-corrected chi connectivity index (χ3v) is 4.36. The summed E-state index contributed by atoms with van der Waals surface area (Å²) in [5.41, 5.74) is 5.80. The van der Waals surface area contributed by atoms with E-state index < -0.39 is 0 Å². The Morgan fingerprint density at radius 3 is 2.89 bits per heavy atom. The largest absolute Gasteiger partial charge is 0.333 e. The van der Waals surface area contributed by atoms with Crippen LogP contribution in [0.5, 0.6) is 0 Å². The summed E-state index contributed by atoms with van der Waals surface area (Å²) in [6.07, 6.45) is 5.67. The highest BCUT2D eigenvalue weighted by atomic mass is 127. The smallest absolute Gasteiger partial charge is 0.224 e. The molecule has 0 atom stereocenters. The second kappa shape index (κ2) is 3.25. The molecule has 0 spiro atoms. The van der Waals surface area contributed by atoms with Gasteiger partial charge in [0.2, 0.25) is 5.78 Å². The van der Waals surface area contributed by atoms with Gasteiger partial charge in [-0.05, 0) is 13.0 Å². The molecule has 0 aliphatic heterocycles. The van der Waals surface area contributed by atoms with Crippen molar-refractivity contribution in [2.45, 2.75) is 6.92 Å². The Morgan fingerprint density at radius 1 is 1.22 bits per heavy atom. The fourth-order valence-corrected chi connectivity index (χ4v) is 3.64. The molecule has 4 rings (SSSR count). The van der Waals surface area contributed by atoms with E-state index in [1.165, 1.54) is 16.6 Å². The Hall–Kier alpha value is -1.57. The van der Waals surface area contributed by atoms with Crippen molar-refractivity contribution >= 4 is 50.7 Å². The van der Waals surface area contributed by atoms with Crippen molar-refractivity contribution in [1.82, 2.24) is 21.7 Å². The SMILES string of the molecule is Cc1c2c(cc3c1n(I)c1nccn31)ncn2C. The Kier molecular flexibility index (Phi) is 1.87. The van der Waals surface area contributed by atoms with Crippen molar-refractivity contribution in [1.29, 1.82) is 0 Å². The molecule has 4 aromatic rings. The van der Waals surface area contributed by atoms with Gasteiger partial charge in [0.1, 0.15) is 0 Å². The van der Waals surface area contributed by atoms with Crippen LogP contribution in [0.4, 0.5) is 0 Å². The zero-order valence-electron chi connectivity index (χ0n) is 9.92. The molecule has 3 heterocycles. The molecule has 0 saturated heterocycles. The zero-order chi connectivity index (χ0) is 12.4. The molecule has 0 fully saturated rings. The summed E-state index contributed by atoms with van der Waals surface area (Å²) in [6.45, 7) is 2.14. The van der Waals surface area contributed by atoms with Gasteiger partial charge in [-0.2, -0.15) is 0 Å². The monoisotopic (exact) mass is 351 g/mol. The molecule has 0 saturated carbocycles. The lowest BCUT2D eigenvalue weighted by Crippen LogP contribution is -1.90. The van der Waals surface area contributed by atoms with Crippen LogP contribution in [0.15, 0.2) is 24.8 Å². The number of rotatable bonds is 0. The van der Waals surface area contributed by atoms with Crippen LogP contribution in [0, 0.1) is 6.92 Å². The first-order valence-electron chi connectivity index (χ1n) is 5.62. The maximum absolute atomic E-state index is 4.45. The van der Waals surface area contributed by atoms with E-state index in [9.17, 15) is 0 Å². The third-order valence-electron chi connectivity index (χ3n) is 3.44. The van der Waals surface area contributed by atoms with Crippen LogP contribution in [0.3, 0.4) is 0 Å². The van der Waals surface area contributed by atoms with Gasteiger partial charge in [0.25, 0.3) is 0 Å². The van der Waals surface area contributed by atoms with Crippen molar-refractivity contribution in [2.24, 2.45) is 7.05 Å². The van der Waals surface area contributed by atoms with Crippen molar-refractivity contribution in [3.63, 3.8) is 0 Å². The van der Waals surface area contributed by atoms with E-state index in [1.807, 2.05) is 25.8 Å². The van der Waals surface area contributed by atoms with Gasteiger partial charge in [0, 0.05) is 25.0 Å². The lowest BCUT2D eigenvalue weighted by molar-refractivity contribution is 0.944. The maximum Gasteiger partial charge on any atom is 0.224 e. The number of hydrogen-bond acceptors (Lipinski definition) is 2. The predicted molar refractivity (Wildman–Crippen MR) is 79.1 cm³/mol. The first kappa shape index (κ1) is 10.4. The quantitative estimate of drug-likeness (QED) is 0.457. The summed E-state index contributed by atoms with van der Waals surface area (Å²) >= 11 is 2.30. The molecule has 0 amide bonds. The number of hydrogen-bond donors (Lipinski definition) is 0. The first-order chi connectivity index (χ1) is 8.68. The van der Waals surface area contributed by atoms with Crippen molar-refractivity contribution in [3.8, 4) is 0 Å². The molecule has 6 heteroatoms. The number of imidazole rings is 3. The number of fused-ring (bicyclic) bond motifs is 4. The molecule has 0 radical (unpaired) electrons. The summed E-state index contributed by atoms with van der Waals surface area (Å²) in [6, 6.07) is 2.13. The Bertz CT molecular complexity index is 911.